The first-order valence-electron chi connectivity index (χ1n) is 10.2. The minimum atomic E-state index is -0.0745. The largest absolute Gasteiger partial charge is 0.508 e. The summed E-state index contributed by atoms with van der Waals surface area (Å²) in [6, 6.07) is 14.5. The van der Waals surface area contributed by atoms with E-state index in [2.05, 4.69) is 20.2 Å². The molecular weight excluding hydrogens is 390 g/mol. The van der Waals surface area contributed by atoms with Gasteiger partial charge in [0.25, 0.3) is 5.91 Å². The fraction of sp³-hybridized carbons (Fsp3) is 0.208. The highest BCUT2D eigenvalue weighted by Gasteiger charge is 2.10. The number of rotatable bonds is 7. The number of carbonyl (C=O) groups excluding carboxylic acids is 1. The van der Waals surface area contributed by atoms with Crippen molar-refractivity contribution in [2.24, 2.45) is 0 Å². The van der Waals surface area contributed by atoms with Gasteiger partial charge >= 0.3 is 0 Å². The van der Waals surface area contributed by atoms with Gasteiger partial charge in [0, 0.05) is 29.4 Å². The van der Waals surface area contributed by atoms with E-state index in [1.165, 1.54) is 0 Å². The van der Waals surface area contributed by atoms with Crippen molar-refractivity contribution in [3.63, 3.8) is 0 Å². The van der Waals surface area contributed by atoms with Crippen molar-refractivity contribution in [2.45, 2.75) is 6.42 Å². The Balaban J connectivity index is 1.54. The molecule has 0 fully saturated rings. The Morgan fingerprint density at radius 1 is 1.06 bits per heavy atom. The summed E-state index contributed by atoms with van der Waals surface area (Å²) in [6.07, 6.45) is 6.30. The molecule has 0 aliphatic carbocycles. The number of nitrogens with one attached hydrogen (secondary N) is 1. The second kappa shape index (κ2) is 8.97. The summed E-state index contributed by atoms with van der Waals surface area (Å²) in [5.74, 6) is 0.131. The zero-order chi connectivity index (χ0) is 21.8. The van der Waals surface area contributed by atoms with Gasteiger partial charge in [0.05, 0.1) is 23.8 Å². The van der Waals surface area contributed by atoms with E-state index < -0.39 is 0 Å². The molecule has 0 spiro atoms. The molecule has 2 aromatic heterocycles. The molecule has 0 aliphatic rings. The van der Waals surface area contributed by atoms with Crippen molar-refractivity contribution in [2.75, 3.05) is 27.2 Å². The SMILES string of the molecule is CN(C)CCCNC(=O)c1ccc(-c2cn3c(-c4cccc(O)c4)cnc3cn2)cc1. The molecule has 2 heterocycles. The first-order chi connectivity index (χ1) is 15.0. The molecule has 2 aromatic carbocycles. The molecule has 0 aliphatic heterocycles. The van der Waals surface area contributed by atoms with Gasteiger partial charge in [-0.15, -0.1) is 0 Å². The van der Waals surface area contributed by atoms with Crippen molar-refractivity contribution in [3.8, 4) is 28.3 Å². The van der Waals surface area contributed by atoms with E-state index in [9.17, 15) is 9.90 Å². The number of phenolic OH excluding ortho intramolecular Hbond substituents is 1. The summed E-state index contributed by atoms with van der Waals surface area (Å²) in [5.41, 5.74) is 4.74. The minimum absolute atomic E-state index is 0.0745. The molecular formula is C24H25N5O2. The average Bonchev–Trinajstić information content (AvgIpc) is 3.20. The standard InChI is InChI=1S/C24H25N5O2/c1-28(2)12-4-11-25-24(31)18-9-7-17(8-10-18)21-16-29-22(14-27-23(29)15-26-21)19-5-3-6-20(30)13-19/h3,5-10,13-16,30H,4,11-12H2,1-2H3,(H,25,31). The Bertz CT molecular complexity index is 1200. The highest BCUT2D eigenvalue weighted by Crippen LogP contribution is 2.26. The number of carbonyl (C=O) groups is 1. The summed E-state index contributed by atoms with van der Waals surface area (Å²) < 4.78 is 1.95. The zero-order valence-corrected chi connectivity index (χ0v) is 17.6. The van der Waals surface area contributed by atoms with Crippen molar-refractivity contribution >= 4 is 11.6 Å². The second-order valence-electron chi connectivity index (χ2n) is 7.68. The van der Waals surface area contributed by atoms with Crippen LogP contribution in [0.3, 0.4) is 0 Å². The summed E-state index contributed by atoms with van der Waals surface area (Å²) >= 11 is 0. The molecule has 0 saturated heterocycles. The smallest absolute Gasteiger partial charge is 0.251 e. The summed E-state index contributed by atoms with van der Waals surface area (Å²) in [6.45, 7) is 1.58. The third kappa shape index (κ3) is 4.73. The van der Waals surface area contributed by atoms with Crippen LogP contribution in [0.2, 0.25) is 0 Å². The zero-order valence-electron chi connectivity index (χ0n) is 17.6. The lowest BCUT2D eigenvalue weighted by Gasteiger charge is -2.10. The fourth-order valence-electron chi connectivity index (χ4n) is 3.41. The molecule has 4 rings (SSSR count). The van der Waals surface area contributed by atoms with Crippen LogP contribution in [0.5, 0.6) is 5.75 Å². The maximum Gasteiger partial charge on any atom is 0.251 e. The molecule has 1 amide bonds. The van der Waals surface area contributed by atoms with Crippen molar-refractivity contribution in [1.82, 2.24) is 24.6 Å². The Kier molecular flexibility index (Phi) is 5.95. The summed E-state index contributed by atoms with van der Waals surface area (Å²) in [5, 5.41) is 12.8. The fourth-order valence-corrected chi connectivity index (χ4v) is 3.41. The number of amides is 1. The number of imidazole rings is 1. The number of nitrogens with zero attached hydrogens (tertiary/aromatic N) is 4. The van der Waals surface area contributed by atoms with Crippen LogP contribution in [-0.4, -0.2) is 57.5 Å². The van der Waals surface area contributed by atoms with Crippen molar-refractivity contribution in [1.29, 1.82) is 0 Å². The van der Waals surface area contributed by atoms with Crippen LogP contribution in [0.15, 0.2) is 67.1 Å². The molecule has 0 bridgehead atoms. The van der Waals surface area contributed by atoms with Gasteiger partial charge in [-0.1, -0.05) is 24.3 Å². The van der Waals surface area contributed by atoms with E-state index >= 15 is 0 Å². The molecule has 0 unspecified atom stereocenters. The molecule has 31 heavy (non-hydrogen) atoms. The third-order valence-corrected chi connectivity index (χ3v) is 5.05. The number of aromatic nitrogens is 3. The topological polar surface area (TPSA) is 82.8 Å². The number of benzene rings is 2. The molecule has 158 valence electrons. The van der Waals surface area contributed by atoms with Crippen LogP contribution in [0.1, 0.15) is 16.8 Å². The van der Waals surface area contributed by atoms with E-state index in [4.69, 9.17) is 0 Å². The maximum absolute atomic E-state index is 12.3. The van der Waals surface area contributed by atoms with E-state index in [0.29, 0.717) is 12.1 Å². The number of aromatic hydroxyl groups is 1. The highest BCUT2D eigenvalue weighted by molar-refractivity contribution is 5.94. The molecule has 7 heteroatoms. The monoisotopic (exact) mass is 415 g/mol. The maximum atomic E-state index is 12.3. The summed E-state index contributed by atoms with van der Waals surface area (Å²) in [7, 11) is 4.03. The molecule has 0 atom stereocenters. The lowest BCUT2D eigenvalue weighted by Crippen LogP contribution is -2.27. The van der Waals surface area contributed by atoms with Gasteiger partial charge in [-0.3, -0.25) is 14.2 Å². The van der Waals surface area contributed by atoms with E-state index in [1.54, 1.807) is 30.6 Å². The molecule has 0 saturated carbocycles. The second-order valence-corrected chi connectivity index (χ2v) is 7.68. The first kappa shape index (κ1) is 20.6. The van der Waals surface area contributed by atoms with E-state index in [1.807, 2.05) is 55.0 Å². The number of fused-ring (bicyclic) bond motifs is 1. The van der Waals surface area contributed by atoms with Gasteiger partial charge < -0.3 is 15.3 Å². The Labute approximate surface area is 181 Å². The average molecular weight is 415 g/mol. The van der Waals surface area contributed by atoms with Crippen LogP contribution < -0.4 is 5.32 Å². The highest BCUT2D eigenvalue weighted by atomic mass is 16.3. The molecule has 2 N–H and O–H groups in total. The predicted molar refractivity (Wildman–Crippen MR) is 121 cm³/mol. The molecule has 4 aromatic rings. The van der Waals surface area contributed by atoms with Crippen LogP contribution >= 0.6 is 0 Å². The minimum Gasteiger partial charge on any atom is -0.508 e. The number of phenols is 1. The van der Waals surface area contributed by atoms with Gasteiger partial charge in [-0.25, -0.2) is 4.98 Å². The van der Waals surface area contributed by atoms with Crippen molar-refractivity contribution in [3.05, 3.63) is 72.7 Å². The quantitative estimate of drug-likeness (QED) is 0.452. The summed E-state index contributed by atoms with van der Waals surface area (Å²) in [4.78, 5) is 23.3. The van der Waals surface area contributed by atoms with Crippen molar-refractivity contribution < 1.29 is 9.90 Å². The predicted octanol–water partition coefficient (Wildman–Crippen LogP) is 3.45. The molecule has 0 radical (unpaired) electrons. The number of hydrogen-bond acceptors (Lipinski definition) is 5. The van der Waals surface area contributed by atoms with Gasteiger partial charge in [0.1, 0.15) is 5.75 Å². The van der Waals surface area contributed by atoms with Crippen LogP contribution in [0.25, 0.3) is 28.2 Å². The normalized spacial score (nSPS) is 11.2. The lowest BCUT2D eigenvalue weighted by molar-refractivity contribution is 0.0952. The lowest BCUT2D eigenvalue weighted by atomic mass is 10.1. The van der Waals surface area contributed by atoms with Crippen LogP contribution in [-0.2, 0) is 0 Å². The van der Waals surface area contributed by atoms with Gasteiger partial charge in [-0.2, -0.15) is 0 Å². The van der Waals surface area contributed by atoms with Crippen LogP contribution in [0, 0.1) is 0 Å². The Morgan fingerprint density at radius 3 is 2.61 bits per heavy atom. The number of hydrogen-bond donors (Lipinski definition) is 2. The van der Waals surface area contributed by atoms with E-state index in [0.717, 1.165) is 41.1 Å². The molecule has 7 nitrogen and oxygen atoms in total. The Hall–Kier alpha value is -3.71. The van der Waals surface area contributed by atoms with Gasteiger partial charge in [0.2, 0.25) is 0 Å². The van der Waals surface area contributed by atoms with E-state index in [-0.39, 0.29) is 11.7 Å². The van der Waals surface area contributed by atoms with Crippen LogP contribution in [0.4, 0.5) is 0 Å². The third-order valence-electron chi connectivity index (χ3n) is 5.05. The Morgan fingerprint density at radius 2 is 1.87 bits per heavy atom. The van der Waals surface area contributed by atoms with Gasteiger partial charge in [-0.05, 0) is 51.3 Å². The van der Waals surface area contributed by atoms with Gasteiger partial charge in [0.15, 0.2) is 5.65 Å². The first-order valence-corrected chi connectivity index (χ1v) is 10.2.